The standard InChI is InChI=1S/C15H25NS/c1-14(2,3)13(10-15(4,5)16)11-6-8-12(17)9-7-11/h6-9,13,17H,10,16H2,1-5H3. The molecule has 0 saturated heterocycles. The highest BCUT2D eigenvalue weighted by atomic mass is 32.1. The molecule has 0 radical (unpaired) electrons. The second kappa shape index (κ2) is 5.03. The highest BCUT2D eigenvalue weighted by molar-refractivity contribution is 7.80. The number of hydrogen-bond acceptors (Lipinski definition) is 2. The summed E-state index contributed by atoms with van der Waals surface area (Å²) in [4.78, 5) is 1.01. The quantitative estimate of drug-likeness (QED) is 0.772. The Morgan fingerprint density at radius 2 is 1.53 bits per heavy atom. The number of thiol groups is 1. The predicted molar refractivity (Wildman–Crippen MR) is 78.8 cm³/mol. The second-order valence-corrected chi connectivity index (χ2v) is 7.22. The van der Waals surface area contributed by atoms with E-state index in [9.17, 15) is 0 Å². The molecule has 0 aliphatic carbocycles. The number of hydrogen-bond donors (Lipinski definition) is 2. The molecule has 2 heteroatoms. The van der Waals surface area contributed by atoms with Crippen LogP contribution in [0.5, 0.6) is 0 Å². The molecule has 1 unspecified atom stereocenters. The summed E-state index contributed by atoms with van der Waals surface area (Å²) in [6.07, 6.45) is 0.989. The fraction of sp³-hybridized carbons (Fsp3) is 0.600. The van der Waals surface area contributed by atoms with Crippen molar-refractivity contribution in [1.29, 1.82) is 0 Å². The van der Waals surface area contributed by atoms with E-state index in [2.05, 4.69) is 71.5 Å². The topological polar surface area (TPSA) is 26.0 Å². The van der Waals surface area contributed by atoms with Crippen molar-refractivity contribution in [3.8, 4) is 0 Å². The molecule has 0 aliphatic rings. The van der Waals surface area contributed by atoms with E-state index in [1.165, 1.54) is 5.56 Å². The molecule has 0 bridgehead atoms. The predicted octanol–water partition coefficient (Wildman–Crippen LogP) is 4.23. The monoisotopic (exact) mass is 251 g/mol. The van der Waals surface area contributed by atoms with Crippen LogP contribution in [-0.2, 0) is 0 Å². The van der Waals surface area contributed by atoms with Crippen molar-refractivity contribution >= 4 is 12.6 Å². The van der Waals surface area contributed by atoms with Crippen molar-refractivity contribution in [3.63, 3.8) is 0 Å². The van der Waals surface area contributed by atoms with Crippen molar-refractivity contribution < 1.29 is 0 Å². The van der Waals surface area contributed by atoms with Crippen LogP contribution in [0.2, 0.25) is 0 Å². The lowest BCUT2D eigenvalue weighted by Crippen LogP contribution is -2.37. The number of rotatable bonds is 3. The van der Waals surface area contributed by atoms with E-state index in [1.54, 1.807) is 0 Å². The maximum Gasteiger partial charge on any atom is 0.0103 e. The summed E-state index contributed by atoms with van der Waals surface area (Å²) in [6, 6.07) is 8.45. The third kappa shape index (κ3) is 4.72. The van der Waals surface area contributed by atoms with Crippen LogP contribution >= 0.6 is 12.6 Å². The Labute approximate surface area is 111 Å². The molecule has 2 N–H and O–H groups in total. The summed E-state index contributed by atoms with van der Waals surface area (Å²) in [7, 11) is 0. The van der Waals surface area contributed by atoms with Gasteiger partial charge in [-0.3, -0.25) is 0 Å². The van der Waals surface area contributed by atoms with E-state index < -0.39 is 0 Å². The first kappa shape index (κ1) is 14.6. The molecular weight excluding hydrogens is 226 g/mol. The van der Waals surface area contributed by atoms with E-state index in [-0.39, 0.29) is 11.0 Å². The summed E-state index contributed by atoms with van der Waals surface area (Å²) in [6.45, 7) is 11.0. The van der Waals surface area contributed by atoms with E-state index in [0.717, 1.165) is 11.3 Å². The van der Waals surface area contributed by atoms with Gasteiger partial charge in [-0.2, -0.15) is 0 Å². The number of benzene rings is 1. The Kier molecular flexibility index (Phi) is 4.32. The fourth-order valence-corrected chi connectivity index (χ4v) is 2.31. The van der Waals surface area contributed by atoms with E-state index in [0.29, 0.717) is 5.92 Å². The van der Waals surface area contributed by atoms with Crippen LogP contribution in [0.1, 0.15) is 52.5 Å². The summed E-state index contributed by atoms with van der Waals surface area (Å²) in [5.74, 6) is 0.469. The first-order chi connectivity index (χ1) is 7.59. The molecule has 17 heavy (non-hydrogen) atoms. The molecule has 1 rings (SSSR count). The van der Waals surface area contributed by atoms with Gasteiger partial charge in [-0.05, 0) is 49.3 Å². The minimum absolute atomic E-state index is 0.141. The van der Waals surface area contributed by atoms with Gasteiger partial charge in [0.15, 0.2) is 0 Å². The maximum atomic E-state index is 6.19. The Morgan fingerprint density at radius 1 is 1.06 bits per heavy atom. The van der Waals surface area contributed by atoms with Crippen LogP contribution in [0.25, 0.3) is 0 Å². The van der Waals surface area contributed by atoms with Crippen LogP contribution < -0.4 is 5.73 Å². The van der Waals surface area contributed by atoms with Gasteiger partial charge >= 0.3 is 0 Å². The van der Waals surface area contributed by atoms with Gasteiger partial charge in [0.05, 0.1) is 0 Å². The van der Waals surface area contributed by atoms with Gasteiger partial charge in [-0.15, -0.1) is 12.6 Å². The second-order valence-electron chi connectivity index (χ2n) is 6.70. The van der Waals surface area contributed by atoms with Gasteiger partial charge in [0, 0.05) is 10.4 Å². The highest BCUT2D eigenvalue weighted by Crippen LogP contribution is 2.40. The van der Waals surface area contributed by atoms with Crippen molar-refractivity contribution in [2.45, 2.75) is 57.4 Å². The number of nitrogens with two attached hydrogens (primary N) is 1. The van der Waals surface area contributed by atoms with Crippen molar-refractivity contribution in [3.05, 3.63) is 29.8 Å². The fourth-order valence-electron chi connectivity index (χ4n) is 2.16. The Morgan fingerprint density at radius 3 is 1.88 bits per heavy atom. The third-order valence-electron chi connectivity index (χ3n) is 3.07. The van der Waals surface area contributed by atoms with E-state index >= 15 is 0 Å². The van der Waals surface area contributed by atoms with Gasteiger partial charge < -0.3 is 5.73 Å². The zero-order valence-corrected chi connectivity index (χ0v) is 12.5. The average Bonchev–Trinajstić information content (AvgIpc) is 2.13. The molecule has 0 saturated carbocycles. The Bertz CT molecular complexity index is 354. The SMILES string of the molecule is CC(C)(N)CC(c1ccc(S)cc1)C(C)(C)C. The Balaban J connectivity index is 3.03. The summed E-state index contributed by atoms with van der Waals surface area (Å²) >= 11 is 4.33. The highest BCUT2D eigenvalue weighted by Gasteiger charge is 2.30. The van der Waals surface area contributed by atoms with Gasteiger partial charge in [-0.25, -0.2) is 0 Å². The molecule has 1 aromatic rings. The van der Waals surface area contributed by atoms with Crippen LogP contribution in [0.3, 0.4) is 0 Å². The van der Waals surface area contributed by atoms with Crippen LogP contribution in [-0.4, -0.2) is 5.54 Å². The lowest BCUT2D eigenvalue weighted by Gasteiger charge is -2.36. The van der Waals surface area contributed by atoms with Crippen LogP contribution in [0.4, 0.5) is 0 Å². The molecule has 0 spiro atoms. The van der Waals surface area contributed by atoms with Crippen molar-refractivity contribution in [2.75, 3.05) is 0 Å². The molecule has 0 heterocycles. The molecule has 1 nitrogen and oxygen atoms in total. The minimum atomic E-state index is -0.141. The van der Waals surface area contributed by atoms with Crippen molar-refractivity contribution in [2.24, 2.45) is 11.1 Å². The zero-order chi connectivity index (χ0) is 13.3. The van der Waals surface area contributed by atoms with Gasteiger partial charge in [-0.1, -0.05) is 32.9 Å². The molecule has 96 valence electrons. The Hall–Kier alpha value is -0.470. The molecule has 0 amide bonds. The first-order valence-electron chi connectivity index (χ1n) is 6.17. The zero-order valence-electron chi connectivity index (χ0n) is 11.6. The maximum absolute atomic E-state index is 6.19. The van der Waals surface area contributed by atoms with Crippen molar-refractivity contribution in [1.82, 2.24) is 0 Å². The molecule has 0 fully saturated rings. The van der Waals surface area contributed by atoms with E-state index in [4.69, 9.17) is 5.73 Å². The molecule has 1 aromatic carbocycles. The smallest absolute Gasteiger partial charge is 0.0103 e. The average molecular weight is 251 g/mol. The third-order valence-corrected chi connectivity index (χ3v) is 3.37. The first-order valence-corrected chi connectivity index (χ1v) is 6.62. The van der Waals surface area contributed by atoms with Crippen LogP contribution in [0, 0.1) is 5.41 Å². The summed E-state index contributed by atoms with van der Waals surface area (Å²) < 4.78 is 0. The molecule has 1 atom stereocenters. The normalized spacial score (nSPS) is 14.8. The molecule has 0 aromatic heterocycles. The largest absolute Gasteiger partial charge is 0.326 e. The van der Waals surface area contributed by atoms with Gasteiger partial charge in [0.1, 0.15) is 0 Å². The van der Waals surface area contributed by atoms with E-state index in [1.807, 2.05) is 0 Å². The summed E-state index contributed by atoms with van der Waals surface area (Å²) in [5.41, 5.74) is 7.62. The van der Waals surface area contributed by atoms with Crippen LogP contribution in [0.15, 0.2) is 29.2 Å². The summed E-state index contributed by atoms with van der Waals surface area (Å²) in [5, 5.41) is 0. The lowest BCUT2D eigenvalue weighted by molar-refractivity contribution is 0.262. The molecule has 0 aliphatic heterocycles. The van der Waals surface area contributed by atoms with Gasteiger partial charge in [0.25, 0.3) is 0 Å². The lowest BCUT2D eigenvalue weighted by atomic mass is 9.71. The molecular formula is C15H25NS. The van der Waals surface area contributed by atoms with Gasteiger partial charge in [0.2, 0.25) is 0 Å². The minimum Gasteiger partial charge on any atom is -0.326 e.